The lowest BCUT2D eigenvalue weighted by molar-refractivity contribution is -0.136. The van der Waals surface area contributed by atoms with E-state index >= 15 is 0 Å². The van der Waals surface area contributed by atoms with Gasteiger partial charge in [0.15, 0.2) is 11.5 Å². The van der Waals surface area contributed by atoms with E-state index in [-0.39, 0.29) is 36.2 Å². The SMILES string of the molecule is CCc1ccc(N2C(=O)C[C@H](c3cc(OC)c(O)c(OC)c3)C3=C2COC3=O)cc1. The fourth-order valence-electron chi connectivity index (χ4n) is 4.03. The first-order valence-electron chi connectivity index (χ1n) is 9.75. The van der Waals surface area contributed by atoms with Gasteiger partial charge in [-0.1, -0.05) is 19.1 Å². The summed E-state index contributed by atoms with van der Waals surface area (Å²) in [6.45, 7) is 2.11. The first-order chi connectivity index (χ1) is 14.5. The lowest BCUT2D eigenvalue weighted by Crippen LogP contribution is -2.37. The zero-order chi connectivity index (χ0) is 21.4. The van der Waals surface area contributed by atoms with E-state index in [1.54, 1.807) is 17.0 Å². The molecule has 0 saturated heterocycles. The molecule has 2 heterocycles. The molecule has 0 aliphatic carbocycles. The number of benzene rings is 2. The minimum absolute atomic E-state index is 0.0400. The minimum Gasteiger partial charge on any atom is -0.502 e. The Morgan fingerprint density at radius 3 is 2.30 bits per heavy atom. The van der Waals surface area contributed by atoms with Gasteiger partial charge < -0.3 is 19.3 Å². The molecule has 7 nitrogen and oxygen atoms in total. The number of hydrogen-bond donors (Lipinski definition) is 1. The van der Waals surface area contributed by atoms with Crippen molar-refractivity contribution in [3.63, 3.8) is 0 Å². The zero-order valence-electron chi connectivity index (χ0n) is 17.1. The molecule has 0 spiro atoms. The first kappa shape index (κ1) is 19.8. The highest BCUT2D eigenvalue weighted by Gasteiger charge is 2.43. The maximum Gasteiger partial charge on any atom is 0.336 e. The molecule has 0 aromatic heterocycles. The third-order valence-electron chi connectivity index (χ3n) is 5.62. The van der Waals surface area contributed by atoms with Crippen molar-refractivity contribution in [3.05, 3.63) is 58.8 Å². The topological polar surface area (TPSA) is 85.3 Å². The fourth-order valence-corrected chi connectivity index (χ4v) is 4.03. The molecule has 0 unspecified atom stereocenters. The van der Waals surface area contributed by atoms with Crippen LogP contribution in [0.5, 0.6) is 17.2 Å². The number of phenolic OH excluding ortho intramolecular Hbond substituents is 1. The van der Waals surface area contributed by atoms with Crippen molar-refractivity contribution in [2.24, 2.45) is 0 Å². The molecule has 2 aromatic rings. The van der Waals surface area contributed by atoms with Crippen molar-refractivity contribution >= 4 is 17.6 Å². The highest BCUT2D eigenvalue weighted by molar-refractivity contribution is 6.06. The third-order valence-corrected chi connectivity index (χ3v) is 5.62. The monoisotopic (exact) mass is 409 g/mol. The van der Waals surface area contributed by atoms with Gasteiger partial charge in [0.2, 0.25) is 11.7 Å². The van der Waals surface area contributed by atoms with Gasteiger partial charge >= 0.3 is 5.97 Å². The number of phenols is 1. The largest absolute Gasteiger partial charge is 0.502 e. The summed E-state index contributed by atoms with van der Waals surface area (Å²) < 4.78 is 15.8. The van der Waals surface area contributed by atoms with E-state index in [1.807, 2.05) is 24.3 Å². The van der Waals surface area contributed by atoms with E-state index in [2.05, 4.69) is 6.92 Å². The van der Waals surface area contributed by atoms with Gasteiger partial charge in [-0.3, -0.25) is 9.69 Å². The smallest absolute Gasteiger partial charge is 0.336 e. The Bertz CT molecular complexity index is 1020. The van der Waals surface area contributed by atoms with Crippen LogP contribution in [-0.4, -0.2) is 37.8 Å². The standard InChI is InChI=1S/C23H23NO6/c1-4-13-5-7-15(8-6-13)24-17-12-30-23(27)21(17)16(11-20(24)25)14-9-18(28-2)22(26)19(10-14)29-3/h5-10,16,26H,4,11-12H2,1-3H3/t16-/m1/s1. The van der Waals surface area contributed by atoms with Gasteiger partial charge in [0, 0.05) is 18.0 Å². The Labute approximate surface area is 174 Å². The molecule has 2 aromatic carbocycles. The van der Waals surface area contributed by atoms with Gasteiger partial charge in [-0.25, -0.2) is 4.79 Å². The molecule has 0 saturated carbocycles. The molecular weight excluding hydrogens is 386 g/mol. The summed E-state index contributed by atoms with van der Waals surface area (Å²) in [6, 6.07) is 11.0. The van der Waals surface area contributed by atoms with Gasteiger partial charge in [-0.2, -0.15) is 0 Å². The molecule has 4 rings (SSSR count). The quantitative estimate of drug-likeness (QED) is 0.763. The van der Waals surface area contributed by atoms with E-state index in [1.165, 1.54) is 14.2 Å². The summed E-state index contributed by atoms with van der Waals surface area (Å²) in [6.07, 6.45) is 0.983. The average Bonchev–Trinajstić information content (AvgIpc) is 3.15. The molecule has 0 radical (unpaired) electrons. The van der Waals surface area contributed by atoms with Crippen LogP contribution in [0.3, 0.4) is 0 Å². The molecule has 1 N–H and O–H groups in total. The van der Waals surface area contributed by atoms with Crippen molar-refractivity contribution in [2.45, 2.75) is 25.7 Å². The summed E-state index contributed by atoms with van der Waals surface area (Å²) in [5.74, 6) is -0.800. The summed E-state index contributed by atoms with van der Waals surface area (Å²) in [5, 5.41) is 10.2. The second-order valence-electron chi connectivity index (χ2n) is 7.22. The normalized spacial score (nSPS) is 18.4. The third kappa shape index (κ3) is 3.16. The molecular formula is C23H23NO6. The lowest BCUT2D eigenvalue weighted by Gasteiger charge is -2.32. The van der Waals surface area contributed by atoms with Crippen LogP contribution < -0.4 is 14.4 Å². The van der Waals surface area contributed by atoms with Gasteiger partial charge in [-0.05, 0) is 41.8 Å². The van der Waals surface area contributed by atoms with Crippen LogP contribution in [0.15, 0.2) is 47.7 Å². The predicted molar refractivity (Wildman–Crippen MR) is 110 cm³/mol. The Morgan fingerprint density at radius 1 is 1.10 bits per heavy atom. The number of carbonyl (C=O) groups is 2. The number of cyclic esters (lactones) is 1. The second kappa shape index (κ2) is 7.74. The van der Waals surface area contributed by atoms with Crippen LogP contribution in [0.2, 0.25) is 0 Å². The lowest BCUT2D eigenvalue weighted by atomic mass is 9.83. The summed E-state index contributed by atoms with van der Waals surface area (Å²) in [7, 11) is 2.86. The predicted octanol–water partition coefficient (Wildman–Crippen LogP) is 3.30. The van der Waals surface area contributed by atoms with E-state index in [4.69, 9.17) is 14.2 Å². The van der Waals surface area contributed by atoms with E-state index in [0.717, 1.165) is 12.0 Å². The Hall–Kier alpha value is -3.48. The first-order valence-corrected chi connectivity index (χ1v) is 9.75. The number of methoxy groups -OCH3 is 2. The van der Waals surface area contributed by atoms with Crippen molar-refractivity contribution in [1.29, 1.82) is 0 Å². The van der Waals surface area contributed by atoms with Crippen molar-refractivity contribution in [2.75, 3.05) is 25.7 Å². The van der Waals surface area contributed by atoms with Gasteiger partial charge in [0.1, 0.15) is 6.61 Å². The van der Waals surface area contributed by atoms with E-state index in [9.17, 15) is 14.7 Å². The summed E-state index contributed by atoms with van der Waals surface area (Å²) in [5.41, 5.74) is 3.52. The molecule has 156 valence electrons. The van der Waals surface area contributed by atoms with Gasteiger partial charge in [0.25, 0.3) is 0 Å². The molecule has 1 amide bonds. The molecule has 7 heteroatoms. The Kier molecular flexibility index (Phi) is 5.11. The molecule has 30 heavy (non-hydrogen) atoms. The number of carbonyl (C=O) groups excluding carboxylic acids is 2. The fraction of sp³-hybridized carbons (Fsp3) is 0.304. The zero-order valence-corrected chi connectivity index (χ0v) is 17.1. The van der Waals surface area contributed by atoms with Crippen LogP contribution >= 0.6 is 0 Å². The van der Waals surface area contributed by atoms with E-state index in [0.29, 0.717) is 22.5 Å². The van der Waals surface area contributed by atoms with Crippen molar-refractivity contribution < 1.29 is 28.9 Å². The van der Waals surface area contributed by atoms with Crippen LogP contribution in [-0.2, 0) is 20.7 Å². The number of hydrogen-bond acceptors (Lipinski definition) is 6. The Balaban J connectivity index is 1.82. The highest BCUT2D eigenvalue weighted by atomic mass is 16.5. The number of aryl methyl sites for hydroxylation is 1. The van der Waals surface area contributed by atoms with Crippen LogP contribution in [0, 0.1) is 0 Å². The molecule has 2 aliphatic rings. The molecule has 0 fully saturated rings. The second-order valence-corrected chi connectivity index (χ2v) is 7.22. The van der Waals surface area contributed by atoms with Crippen LogP contribution in [0.1, 0.15) is 30.4 Å². The number of ether oxygens (including phenoxy) is 3. The number of rotatable bonds is 5. The Morgan fingerprint density at radius 2 is 1.73 bits per heavy atom. The van der Waals surface area contributed by atoms with Crippen LogP contribution in [0.4, 0.5) is 5.69 Å². The van der Waals surface area contributed by atoms with Gasteiger partial charge in [-0.15, -0.1) is 0 Å². The van der Waals surface area contributed by atoms with Crippen molar-refractivity contribution in [3.8, 4) is 17.2 Å². The average molecular weight is 409 g/mol. The molecule has 1 atom stereocenters. The highest BCUT2D eigenvalue weighted by Crippen LogP contribution is 2.46. The molecule has 2 aliphatic heterocycles. The number of esters is 1. The number of anilines is 1. The summed E-state index contributed by atoms with van der Waals surface area (Å²) in [4.78, 5) is 27.4. The van der Waals surface area contributed by atoms with E-state index < -0.39 is 11.9 Å². The number of aromatic hydroxyl groups is 1. The van der Waals surface area contributed by atoms with Crippen molar-refractivity contribution in [1.82, 2.24) is 0 Å². The maximum absolute atomic E-state index is 13.2. The van der Waals surface area contributed by atoms with Crippen LogP contribution in [0.25, 0.3) is 0 Å². The number of amides is 1. The summed E-state index contributed by atoms with van der Waals surface area (Å²) >= 11 is 0. The maximum atomic E-state index is 13.2. The number of nitrogens with zero attached hydrogens (tertiary/aromatic N) is 1. The van der Waals surface area contributed by atoms with Gasteiger partial charge in [0.05, 0.1) is 25.5 Å². The minimum atomic E-state index is -0.517. The molecule has 0 bridgehead atoms.